The summed E-state index contributed by atoms with van der Waals surface area (Å²) in [6.45, 7) is 16.0. The van der Waals surface area contributed by atoms with Gasteiger partial charge in [-0.3, -0.25) is 0 Å². The predicted molar refractivity (Wildman–Crippen MR) is 117 cm³/mol. The lowest BCUT2D eigenvalue weighted by atomic mass is 9.87. The zero-order valence-corrected chi connectivity index (χ0v) is 17.6. The minimum atomic E-state index is -0.127. The number of hydrogen-bond acceptors (Lipinski definition) is 1. The Bertz CT molecular complexity index is 758. The molecule has 0 amide bonds. The molecule has 1 N–H and O–H groups in total. The second-order valence-corrected chi connectivity index (χ2v) is 7.65. The Morgan fingerprint density at radius 2 is 1.63 bits per heavy atom. The Hall–Kier alpha value is -1.93. The largest absolute Gasteiger partial charge is 0.313 e. The molecular formula is C25H34FN. The van der Waals surface area contributed by atoms with Crippen LogP contribution in [0.1, 0.15) is 67.3 Å². The third-order valence-electron chi connectivity index (χ3n) is 5.44. The SMILES string of the molecule is C=C(C)c1c(C)c(C)c(-c2ccc(CNCCCCCC)cc2)c(F)c1C. The van der Waals surface area contributed by atoms with Crippen molar-refractivity contribution < 1.29 is 4.39 Å². The zero-order chi connectivity index (χ0) is 20.0. The van der Waals surface area contributed by atoms with Gasteiger partial charge >= 0.3 is 0 Å². The van der Waals surface area contributed by atoms with E-state index in [1.165, 1.54) is 31.2 Å². The van der Waals surface area contributed by atoms with Gasteiger partial charge in [-0.15, -0.1) is 0 Å². The van der Waals surface area contributed by atoms with Crippen LogP contribution in [0.4, 0.5) is 4.39 Å². The molecule has 0 saturated carbocycles. The molecule has 0 unspecified atom stereocenters. The van der Waals surface area contributed by atoms with Crippen molar-refractivity contribution in [3.05, 3.63) is 64.5 Å². The summed E-state index contributed by atoms with van der Waals surface area (Å²) in [6.07, 6.45) is 5.10. The maximum Gasteiger partial charge on any atom is 0.134 e. The molecule has 0 aromatic heterocycles. The lowest BCUT2D eigenvalue weighted by Gasteiger charge is -2.19. The van der Waals surface area contributed by atoms with Gasteiger partial charge in [-0.2, -0.15) is 0 Å². The van der Waals surface area contributed by atoms with Gasteiger partial charge < -0.3 is 5.32 Å². The molecule has 0 atom stereocenters. The standard InChI is InChI=1S/C25H34FN/c1-7-8-9-10-15-27-16-21-11-13-22(14-12-21)24-19(5)18(4)23(17(2)3)20(6)25(24)26/h11-14,27H,2,7-10,15-16H2,1,3-6H3. The topological polar surface area (TPSA) is 12.0 Å². The first-order valence-corrected chi connectivity index (χ1v) is 10.1. The van der Waals surface area contributed by atoms with Crippen molar-refractivity contribution in [2.75, 3.05) is 6.54 Å². The maximum absolute atomic E-state index is 15.1. The Morgan fingerprint density at radius 3 is 2.22 bits per heavy atom. The van der Waals surface area contributed by atoms with Gasteiger partial charge in [0, 0.05) is 12.1 Å². The van der Waals surface area contributed by atoms with Crippen LogP contribution in [-0.4, -0.2) is 6.54 Å². The van der Waals surface area contributed by atoms with Crippen LogP contribution in [0.25, 0.3) is 16.7 Å². The van der Waals surface area contributed by atoms with Crippen LogP contribution < -0.4 is 5.32 Å². The summed E-state index contributed by atoms with van der Waals surface area (Å²) in [7, 11) is 0. The van der Waals surface area contributed by atoms with Gasteiger partial charge in [-0.25, -0.2) is 4.39 Å². The van der Waals surface area contributed by atoms with Crippen molar-refractivity contribution in [2.45, 2.75) is 66.8 Å². The summed E-state index contributed by atoms with van der Waals surface area (Å²) in [6, 6.07) is 8.28. The molecule has 0 radical (unpaired) electrons. The smallest absolute Gasteiger partial charge is 0.134 e. The first kappa shape index (κ1) is 21.4. The summed E-state index contributed by atoms with van der Waals surface area (Å²) >= 11 is 0. The predicted octanol–water partition coefficient (Wildman–Crippen LogP) is 7.12. The molecule has 0 aliphatic heterocycles. The molecule has 2 aromatic carbocycles. The minimum Gasteiger partial charge on any atom is -0.313 e. The van der Waals surface area contributed by atoms with E-state index in [1.807, 2.05) is 32.9 Å². The van der Waals surface area contributed by atoms with Crippen molar-refractivity contribution >= 4 is 5.57 Å². The molecule has 27 heavy (non-hydrogen) atoms. The third-order valence-corrected chi connectivity index (χ3v) is 5.44. The Morgan fingerprint density at radius 1 is 0.963 bits per heavy atom. The highest BCUT2D eigenvalue weighted by molar-refractivity contribution is 5.77. The second kappa shape index (κ2) is 9.85. The fraction of sp³-hybridized carbons (Fsp3) is 0.440. The van der Waals surface area contributed by atoms with Gasteiger partial charge in [0.15, 0.2) is 0 Å². The highest BCUT2D eigenvalue weighted by Gasteiger charge is 2.18. The third kappa shape index (κ3) is 5.07. The van der Waals surface area contributed by atoms with E-state index in [-0.39, 0.29) is 5.82 Å². The molecule has 2 rings (SSSR count). The number of rotatable bonds is 9. The number of nitrogens with one attached hydrogen (secondary N) is 1. The Balaban J connectivity index is 2.17. The van der Waals surface area contributed by atoms with Gasteiger partial charge in [0.2, 0.25) is 0 Å². The van der Waals surface area contributed by atoms with Crippen molar-refractivity contribution in [3.8, 4) is 11.1 Å². The van der Waals surface area contributed by atoms with Gasteiger partial charge in [0.05, 0.1) is 0 Å². The highest BCUT2D eigenvalue weighted by atomic mass is 19.1. The van der Waals surface area contributed by atoms with E-state index in [0.717, 1.165) is 40.9 Å². The number of hydrogen-bond donors (Lipinski definition) is 1. The molecule has 1 nitrogen and oxygen atoms in total. The summed E-state index contributed by atoms with van der Waals surface area (Å²) in [5.41, 5.74) is 7.58. The number of halogens is 1. The Labute approximate surface area is 164 Å². The summed E-state index contributed by atoms with van der Waals surface area (Å²) in [4.78, 5) is 0. The zero-order valence-electron chi connectivity index (χ0n) is 17.6. The van der Waals surface area contributed by atoms with Crippen molar-refractivity contribution in [1.29, 1.82) is 0 Å². The summed E-state index contributed by atoms with van der Waals surface area (Å²) < 4.78 is 15.1. The van der Waals surface area contributed by atoms with Crippen molar-refractivity contribution in [1.82, 2.24) is 5.32 Å². The first-order chi connectivity index (χ1) is 12.9. The van der Waals surface area contributed by atoms with Crippen LogP contribution in [0, 0.1) is 26.6 Å². The molecule has 0 aliphatic rings. The van der Waals surface area contributed by atoms with E-state index >= 15 is 4.39 Å². The van der Waals surface area contributed by atoms with Crippen LogP contribution in [0.2, 0.25) is 0 Å². The van der Waals surface area contributed by atoms with Gasteiger partial charge in [-0.1, -0.05) is 62.6 Å². The number of allylic oxidation sites excluding steroid dienone is 1. The van der Waals surface area contributed by atoms with E-state index < -0.39 is 0 Å². The molecule has 2 aromatic rings. The van der Waals surface area contributed by atoms with Gasteiger partial charge in [0.1, 0.15) is 5.82 Å². The average Bonchev–Trinajstić information content (AvgIpc) is 2.64. The fourth-order valence-corrected chi connectivity index (χ4v) is 3.80. The van der Waals surface area contributed by atoms with E-state index in [9.17, 15) is 0 Å². The monoisotopic (exact) mass is 367 g/mol. The van der Waals surface area contributed by atoms with Crippen LogP contribution in [0.5, 0.6) is 0 Å². The van der Waals surface area contributed by atoms with Gasteiger partial charge in [-0.05, 0) is 74.0 Å². The number of benzene rings is 2. The fourth-order valence-electron chi connectivity index (χ4n) is 3.80. The minimum absolute atomic E-state index is 0.127. The van der Waals surface area contributed by atoms with E-state index in [0.29, 0.717) is 11.1 Å². The number of unbranched alkanes of at least 4 members (excludes halogenated alkanes) is 3. The quantitative estimate of drug-likeness (QED) is 0.465. The molecule has 146 valence electrons. The van der Waals surface area contributed by atoms with Crippen LogP contribution in [0.15, 0.2) is 30.8 Å². The Kier molecular flexibility index (Phi) is 7.79. The average molecular weight is 368 g/mol. The second-order valence-electron chi connectivity index (χ2n) is 7.65. The molecule has 0 heterocycles. The van der Waals surface area contributed by atoms with Crippen molar-refractivity contribution in [3.63, 3.8) is 0 Å². The van der Waals surface area contributed by atoms with Crippen LogP contribution in [-0.2, 0) is 6.54 Å². The molecule has 2 heteroatoms. The lowest BCUT2D eigenvalue weighted by Crippen LogP contribution is -2.14. The molecular weight excluding hydrogens is 333 g/mol. The maximum atomic E-state index is 15.1. The molecule has 0 aliphatic carbocycles. The highest BCUT2D eigenvalue weighted by Crippen LogP contribution is 2.36. The van der Waals surface area contributed by atoms with Crippen LogP contribution >= 0.6 is 0 Å². The van der Waals surface area contributed by atoms with E-state index in [4.69, 9.17) is 0 Å². The lowest BCUT2D eigenvalue weighted by molar-refractivity contribution is 0.598. The molecule has 0 fully saturated rings. The molecule has 0 saturated heterocycles. The summed E-state index contributed by atoms with van der Waals surface area (Å²) in [5, 5.41) is 3.50. The van der Waals surface area contributed by atoms with Crippen LogP contribution in [0.3, 0.4) is 0 Å². The molecule has 0 spiro atoms. The van der Waals surface area contributed by atoms with E-state index in [1.54, 1.807) is 0 Å². The molecule has 0 bridgehead atoms. The first-order valence-electron chi connectivity index (χ1n) is 10.1. The van der Waals surface area contributed by atoms with Gasteiger partial charge in [0.25, 0.3) is 0 Å². The summed E-state index contributed by atoms with van der Waals surface area (Å²) in [5.74, 6) is -0.127. The normalized spacial score (nSPS) is 11.0. The van der Waals surface area contributed by atoms with E-state index in [2.05, 4.69) is 37.9 Å². The van der Waals surface area contributed by atoms with Crippen molar-refractivity contribution in [2.24, 2.45) is 0 Å².